The van der Waals surface area contributed by atoms with E-state index in [1.807, 2.05) is 6.92 Å². The molecule has 9 nitrogen and oxygen atoms in total. The van der Waals surface area contributed by atoms with E-state index in [9.17, 15) is 13.2 Å². The van der Waals surface area contributed by atoms with E-state index in [1.54, 1.807) is 26.2 Å². The molecule has 4 N–H and O–H groups in total. The number of hydrogen-bond acceptors (Lipinski definition) is 5. The highest BCUT2D eigenvalue weighted by Gasteiger charge is 2.13. The Balaban J connectivity index is 0.00000900. The van der Waals surface area contributed by atoms with Gasteiger partial charge in [0.25, 0.3) is 0 Å². The van der Waals surface area contributed by atoms with E-state index < -0.39 is 10.0 Å². The lowest BCUT2D eigenvalue weighted by Gasteiger charge is -2.22. The van der Waals surface area contributed by atoms with Crippen LogP contribution in [-0.4, -0.2) is 65.1 Å². The quantitative estimate of drug-likeness (QED) is 0.211. The van der Waals surface area contributed by atoms with Crippen molar-refractivity contribution in [2.75, 3.05) is 33.8 Å². The van der Waals surface area contributed by atoms with Gasteiger partial charge in [-0.2, -0.15) is 0 Å². The van der Waals surface area contributed by atoms with Gasteiger partial charge < -0.3 is 20.3 Å². The predicted molar refractivity (Wildman–Crippen MR) is 134 cm³/mol. The monoisotopic (exact) mass is 569 g/mol. The standard InChI is InChI=1S/C20H35N5O4S.HI/c1-6-29-18(15(2)3)11-12-22-20(24-14-19(26)25(4)5)23-13-16-7-9-17(10-8-16)30(21,27)28;/h7-10,15,18H,6,11-14H2,1-5H3,(H2,21,27,28)(H2,22,23,24);1H. The van der Waals surface area contributed by atoms with Crippen molar-refractivity contribution in [3.05, 3.63) is 29.8 Å². The number of halogens is 1. The maximum Gasteiger partial charge on any atom is 0.241 e. The fraction of sp³-hybridized carbons (Fsp3) is 0.600. The smallest absolute Gasteiger partial charge is 0.241 e. The van der Waals surface area contributed by atoms with Crippen LogP contribution >= 0.6 is 24.0 Å². The fourth-order valence-corrected chi connectivity index (χ4v) is 3.12. The molecule has 0 saturated carbocycles. The minimum absolute atomic E-state index is 0. The van der Waals surface area contributed by atoms with Crippen LogP contribution in [0.2, 0.25) is 0 Å². The maximum atomic E-state index is 11.9. The van der Waals surface area contributed by atoms with Crippen LogP contribution in [0.4, 0.5) is 0 Å². The molecule has 1 aromatic carbocycles. The first-order chi connectivity index (χ1) is 14.0. The molecule has 0 heterocycles. The topological polar surface area (TPSA) is 126 Å². The van der Waals surface area contributed by atoms with E-state index in [-0.39, 0.29) is 47.4 Å². The number of amides is 1. The minimum Gasteiger partial charge on any atom is -0.378 e. The average Bonchev–Trinajstić information content (AvgIpc) is 2.67. The van der Waals surface area contributed by atoms with Crippen LogP contribution in [0.1, 0.15) is 32.8 Å². The minimum atomic E-state index is -3.72. The van der Waals surface area contributed by atoms with E-state index in [2.05, 4.69) is 29.5 Å². The molecular formula is C20H36IN5O4S. The number of nitrogens with zero attached hydrogens (tertiary/aromatic N) is 2. The summed E-state index contributed by atoms with van der Waals surface area (Å²) in [6.45, 7) is 7.94. The molecule has 0 saturated heterocycles. The summed E-state index contributed by atoms with van der Waals surface area (Å²) < 4.78 is 28.5. The lowest BCUT2D eigenvalue weighted by atomic mass is 10.0. The number of carbonyl (C=O) groups excluding carboxylic acids is 1. The van der Waals surface area contributed by atoms with Crippen molar-refractivity contribution < 1.29 is 17.9 Å². The Bertz CT molecular complexity index is 798. The van der Waals surface area contributed by atoms with E-state index in [4.69, 9.17) is 9.88 Å². The number of rotatable bonds is 11. The summed E-state index contributed by atoms with van der Waals surface area (Å²) in [5, 5.41) is 11.4. The number of sulfonamides is 1. The molecule has 0 spiro atoms. The summed E-state index contributed by atoms with van der Waals surface area (Å²) in [5.41, 5.74) is 0.816. The van der Waals surface area contributed by atoms with Crippen molar-refractivity contribution in [1.82, 2.24) is 15.5 Å². The summed E-state index contributed by atoms with van der Waals surface area (Å²) in [4.78, 5) is 18.0. The van der Waals surface area contributed by atoms with E-state index in [0.29, 0.717) is 31.6 Å². The normalized spacial score (nSPS) is 12.8. The molecule has 0 bridgehead atoms. The molecule has 1 aromatic rings. The molecule has 0 aliphatic heterocycles. The van der Waals surface area contributed by atoms with Gasteiger partial charge in [-0.15, -0.1) is 24.0 Å². The number of hydrogen-bond donors (Lipinski definition) is 3. The van der Waals surface area contributed by atoms with E-state index in [1.165, 1.54) is 17.0 Å². The summed E-state index contributed by atoms with van der Waals surface area (Å²) >= 11 is 0. The Morgan fingerprint density at radius 1 is 1.19 bits per heavy atom. The Morgan fingerprint density at radius 3 is 2.29 bits per heavy atom. The number of guanidine groups is 1. The fourth-order valence-electron chi connectivity index (χ4n) is 2.60. The van der Waals surface area contributed by atoms with Crippen LogP contribution in [0.25, 0.3) is 0 Å². The highest BCUT2D eigenvalue weighted by Crippen LogP contribution is 2.11. The van der Waals surface area contributed by atoms with Crippen LogP contribution in [0, 0.1) is 5.92 Å². The Labute approximate surface area is 203 Å². The lowest BCUT2D eigenvalue weighted by Crippen LogP contribution is -2.44. The molecule has 1 unspecified atom stereocenters. The van der Waals surface area contributed by atoms with Gasteiger partial charge in [-0.05, 0) is 37.0 Å². The van der Waals surface area contributed by atoms with Crippen LogP contribution in [0.5, 0.6) is 0 Å². The van der Waals surface area contributed by atoms with Crippen molar-refractivity contribution in [1.29, 1.82) is 0 Å². The SMILES string of the molecule is CCOC(CCNC(=NCc1ccc(S(N)(=O)=O)cc1)NCC(=O)N(C)C)C(C)C.I. The maximum absolute atomic E-state index is 11.9. The number of nitrogens with one attached hydrogen (secondary N) is 2. The summed E-state index contributed by atoms with van der Waals surface area (Å²) in [6.07, 6.45) is 0.939. The molecule has 31 heavy (non-hydrogen) atoms. The van der Waals surface area contributed by atoms with Crippen molar-refractivity contribution in [3.63, 3.8) is 0 Å². The van der Waals surface area contributed by atoms with Gasteiger partial charge in [0, 0.05) is 27.2 Å². The molecule has 11 heteroatoms. The number of primary sulfonamides is 1. The third-order valence-corrected chi connectivity index (χ3v) is 5.35. The highest BCUT2D eigenvalue weighted by atomic mass is 127. The van der Waals surface area contributed by atoms with Gasteiger partial charge in [0.2, 0.25) is 15.9 Å². The zero-order valence-electron chi connectivity index (χ0n) is 18.9. The number of likely N-dealkylation sites (N-methyl/N-ethyl adjacent to an activating group) is 1. The van der Waals surface area contributed by atoms with E-state index >= 15 is 0 Å². The largest absolute Gasteiger partial charge is 0.378 e. The van der Waals surface area contributed by atoms with Crippen molar-refractivity contribution in [2.24, 2.45) is 16.0 Å². The van der Waals surface area contributed by atoms with Gasteiger partial charge in [0.15, 0.2) is 5.96 Å². The number of ether oxygens (including phenoxy) is 1. The van der Waals surface area contributed by atoms with Gasteiger partial charge >= 0.3 is 0 Å². The third-order valence-electron chi connectivity index (χ3n) is 4.42. The Morgan fingerprint density at radius 2 is 1.81 bits per heavy atom. The molecule has 178 valence electrons. The molecule has 0 aliphatic rings. The van der Waals surface area contributed by atoms with Crippen LogP contribution in [0.3, 0.4) is 0 Å². The third kappa shape index (κ3) is 11.7. The zero-order valence-corrected chi connectivity index (χ0v) is 22.1. The first kappa shape index (κ1) is 29.6. The summed E-state index contributed by atoms with van der Waals surface area (Å²) in [5.74, 6) is 0.823. The van der Waals surface area contributed by atoms with Gasteiger partial charge in [-0.25, -0.2) is 18.5 Å². The molecule has 1 atom stereocenters. The van der Waals surface area contributed by atoms with Gasteiger partial charge in [0.1, 0.15) is 0 Å². The molecule has 0 aliphatic carbocycles. The second-order valence-corrected chi connectivity index (χ2v) is 9.01. The average molecular weight is 570 g/mol. The second-order valence-electron chi connectivity index (χ2n) is 7.45. The Hall–Kier alpha value is -1.44. The predicted octanol–water partition coefficient (Wildman–Crippen LogP) is 1.53. The molecular weight excluding hydrogens is 533 g/mol. The van der Waals surface area contributed by atoms with Crippen LogP contribution in [-0.2, 0) is 26.1 Å². The van der Waals surface area contributed by atoms with Crippen molar-refractivity contribution in [3.8, 4) is 0 Å². The first-order valence-corrected chi connectivity index (χ1v) is 11.5. The van der Waals surface area contributed by atoms with Crippen molar-refractivity contribution in [2.45, 2.75) is 44.7 Å². The number of aliphatic imine (C=N–C) groups is 1. The lowest BCUT2D eigenvalue weighted by molar-refractivity contribution is -0.127. The first-order valence-electron chi connectivity index (χ1n) is 10.00. The number of carbonyl (C=O) groups is 1. The number of nitrogens with two attached hydrogens (primary N) is 1. The van der Waals surface area contributed by atoms with E-state index in [0.717, 1.165) is 12.0 Å². The summed E-state index contributed by atoms with van der Waals surface area (Å²) in [6, 6.07) is 6.22. The molecule has 1 rings (SSSR count). The second kappa shape index (κ2) is 14.6. The van der Waals surface area contributed by atoms with Gasteiger partial charge in [-0.1, -0.05) is 26.0 Å². The zero-order chi connectivity index (χ0) is 22.7. The highest BCUT2D eigenvalue weighted by molar-refractivity contribution is 14.0. The summed E-state index contributed by atoms with van der Waals surface area (Å²) in [7, 11) is -0.342. The molecule has 0 aromatic heterocycles. The molecule has 0 radical (unpaired) electrons. The number of benzene rings is 1. The van der Waals surface area contributed by atoms with Crippen molar-refractivity contribution >= 4 is 45.9 Å². The Kier molecular flexibility index (Phi) is 13.9. The van der Waals surface area contributed by atoms with Crippen LogP contribution < -0.4 is 15.8 Å². The van der Waals surface area contributed by atoms with Crippen LogP contribution in [0.15, 0.2) is 34.2 Å². The molecule has 1 amide bonds. The van der Waals surface area contributed by atoms with Gasteiger partial charge in [0.05, 0.1) is 24.1 Å². The molecule has 0 fully saturated rings. The van der Waals surface area contributed by atoms with Gasteiger partial charge in [-0.3, -0.25) is 4.79 Å².